The molecule has 3 amide bonds. The largest absolute Gasteiger partial charge is 0.480 e. The number of ether oxygens (including phenoxy) is 1. The Kier molecular flexibility index (Phi) is 9.34. The van der Waals surface area contributed by atoms with Crippen molar-refractivity contribution in [1.82, 2.24) is 19.8 Å². The van der Waals surface area contributed by atoms with E-state index in [4.69, 9.17) is 4.74 Å². The molecule has 0 spiro atoms. The molecule has 1 aliphatic rings. The van der Waals surface area contributed by atoms with Crippen LogP contribution in [0.4, 0.5) is 21.1 Å². The molecule has 40 heavy (non-hydrogen) atoms. The van der Waals surface area contributed by atoms with Gasteiger partial charge >= 0.3 is 23.8 Å². The van der Waals surface area contributed by atoms with Gasteiger partial charge in [-0.2, -0.15) is 4.98 Å². The Morgan fingerprint density at radius 1 is 1.00 bits per heavy atom. The van der Waals surface area contributed by atoms with Crippen LogP contribution < -0.4 is 21.2 Å². The normalized spacial score (nSPS) is 14.1. The maximum Gasteiger partial charge on any atom is 0.408 e. The van der Waals surface area contributed by atoms with Gasteiger partial charge in [-0.15, -0.1) is 0 Å². The van der Waals surface area contributed by atoms with E-state index in [1.165, 1.54) is 6.20 Å². The average molecular weight is 549 g/mol. The molecule has 1 fully saturated rings. The Morgan fingerprint density at radius 2 is 1.70 bits per heavy atom. The number of carbonyl (C=O) groups excluding carboxylic acids is 2. The Hall–Kier alpha value is -4.87. The summed E-state index contributed by atoms with van der Waals surface area (Å²) in [6.07, 6.45) is 1.31. The molecule has 1 atom stereocenters. The summed E-state index contributed by atoms with van der Waals surface area (Å²) in [7, 11) is 0. The molecule has 3 aromatic rings. The van der Waals surface area contributed by atoms with Crippen LogP contribution in [0, 0.1) is 6.92 Å². The van der Waals surface area contributed by atoms with Gasteiger partial charge < -0.3 is 30.3 Å². The van der Waals surface area contributed by atoms with E-state index in [-0.39, 0.29) is 19.2 Å². The van der Waals surface area contributed by atoms with Crippen LogP contribution in [0.3, 0.4) is 0 Å². The molecule has 0 aliphatic carbocycles. The average Bonchev–Trinajstić information content (AvgIpc) is 3.21. The number of aromatic nitrogens is 2. The molecule has 0 radical (unpaired) electrons. The number of urea groups is 1. The number of carboxylic acids is 1. The third-order valence-electron chi connectivity index (χ3n) is 6.44. The van der Waals surface area contributed by atoms with Gasteiger partial charge in [0.15, 0.2) is 0 Å². The summed E-state index contributed by atoms with van der Waals surface area (Å²) in [6, 6.07) is 16.6. The third kappa shape index (κ3) is 7.59. The quantitative estimate of drug-likeness (QED) is 0.390. The molecule has 1 aromatic heterocycles. The number of aryl methyl sites for hydroxylation is 1. The monoisotopic (exact) mass is 548 g/mol. The van der Waals surface area contributed by atoms with Gasteiger partial charge in [-0.25, -0.2) is 19.2 Å². The molecule has 0 unspecified atom stereocenters. The number of anilines is 2. The van der Waals surface area contributed by atoms with E-state index < -0.39 is 23.8 Å². The predicted octanol–water partition coefficient (Wildman–Crippen LogP) is 2.68. The number of amides is 3. The zero-order valence-corrected chi connectivity index (χ0v) is 22.2. The van der Waals surface area contributed by atoms with E-state index in [1.54, 1.807) is 36.1 Å². The standard InChI is InChI=1S/C28H32N6O6/c1-20-17-34(18-23(25(35)36)30-28(39)40-19-21-9-4-2-5-10-21)27(38)31-24(20)32-13-8-14-33(16-15-32)26(37)29-22-11-6-3-7-12-22/h2-7,9-12,17,23H,8,13-16,18-19H2,1H3,(H,29,37)(H,30,39)(H,35,36)/t23-/m0/s1. The van der Waals surface area contributed by atoms with Crippen molar-refractivity contribution >= 4 is 29.6 Å². The summed E-state index contributed by atoms with van der Waals surface area (Å²) in [6.45, 7) is 3.51. The van der Waals surface area contributed by atoms with Crippen LogP contribution >= 0.6 is 0 Å². The first-order valence-electron chi connectivity index (χ1n) is 12.9. The summed E-state index contributed by atoms with van der Waals surface area (Å²) < 4.78 is 6.27. The highest BCUT2D eigenvalue weighted by Crippen LogP contribution is 2.18. The second kappa shape index (κ2) is 13.3. The minimum Gasteiger partial charge on any atom is -0.480 e. The number of nitrogens with zero attached hydrogens (tertiary/aromatic N) is 4. The Bertz CT molecular complexity index is 1380. The van der Waals surface area contributed by atoms with Crippen LogP contribution in [0.5, 0.6) is 0 Å². The number of nitrogens with one attached hydrogen (secondary N) is 2. The lowest BCUT2D eigenvalue weighted by Crippen LogP contribution is -2.46. The second-order valence-electron chi connectivity index (χ2n) is 9.40. The van der Waals surface area contributed by atoms with Gasteiger partial charge in [0, 0.05) is 43.6 Å². The van der Waals surface area contributed by atoms with Gasteiger partial charge in [0.2, 0.25) is 0 Å². The number of carbonyl (C=O) groups is 3. The number of carboxylic acid groups (broad SMARTS) is 1. The van der Waals surface area contributed by atoms with E-state index in [0.29, 0.717) is 49.7 Å². The smallest absolute Gasteiger partial charge is 0.408 e. The first-order chi connectivity index (χ1) is 19.3. The predicted molar refractivity (Wildman–Crippen MR) is 148 cm³/mol. The van der Waals surface area contributed by atoms with Gasteiger partial charge in [0.05, 0.1) is 6.54 Å². The molecular weight excluding hydrogens is 516 g/mol. The fraction of sp³-hybridized carbons (Fsp3) is 0.321. The minimum absolute atomic E-state index is 0.0184. The molecule has 12 nitrogen and oxygen atoms in total. The van der Waals surface area contributed by atoms with Crippen LogP contribution in [0.2, 0.25) is 0 Å². The molecule has 12 heteroatoms. The molecule has 1 saturated heterocycles. The number of aliphatic carboxylic acids is 1. The molecule has 1 aliphatic heterocycles. The van der Waals surface area contributed by atoms with E-state index in [2.05, 4.69) is 15.6 Å². The zero-order chi connectivity index (χ0) is 28.5. The highest BCUT2D eigenvalue weighted by molar-refractivity contribution is 5.89. The van der Waals surface area contributed by atoms with Crippen molar-refractivity contribution < 1.29 is 24.2 Å². The molecule has 3 N–H and O–H groups in total. The van der Waals surface area contributed by atoms with Gasteiger partial charge in [-0.1, -0.05) is 48.5 Å². The number of rotatable bonds is 8. The van der Waals surface area contributed by atoms with Crippen molar-refractivity contribution in [2.45, 2.75) is 32.5 Å². The summed E-state index contributed by atoms with van der Waals surface area (Å²) in [4.78, 5) is 57.5. The van der Waals surface area contributed by atoms with Crippen LogP contribution in [0.1, 0.15) is 17.5 Å². The molecule has 2 aromatic carbocycles. The van der Waals surface area contributed by atoms with Crippen LogP contribution in [0.15, 0.2) is 71.7 Å². The molecule has 0 bridgehead atoms. The number of alkyl carbamates (subject to hydrolysis) is 1. The Morgan fingerprint density at radius 3 is 2.40 bits per heavy atom. The fourth-order valence-electron chi connectivity index (χ4n) is 4.39. The number of hydrogen-bond donors (Lipinski definition) is 3. The van der Waals surface area contributed by atoms with Crippen molar-refractivity contribution in [2.24, 2.45) is 0 Å². The number of benzene rings is 2. The summed E-state index contributed by atoms with van der Waals surface area (Å²) in [5.41, 5.74) is 1.49. The summed E-state index contributed by atoms with van der Waals surface area (Å²) in [5.74, 6) is -0.833. The number of hydrogen-bond acceptors (Lipinski definition) is 7. The van der Waals surface area contributed by atoms with E-state index in [1.807, 2.05) is 41.3 Å². The van der Waals surface area contributed by atoms with Crippen LogP contribution in [0.25, 0.3) is 0 Å². The maximum atomic E-state index is 12.9. The van der Waals surface area contributed by atoms with E-state index in [0.717, 1.165) is 10.1 Å². The first-order valence-corrected chi connectivity index (χ1v) is 12.9. The molecule has 4 rings (SSSR count). The first kappa shape index (κ1) is 28.1. The summed E-state index contributed by atoms with van der Waals surface area (Å²) in [5, 5.41) is 14.8. The second-order valence-corrected chi connectivity index (χ2v) is 9.40. The maximum absolute atomic E-state index is 12.9. The summed E-state index contributed by atoms with van der Waals surface area (Å²) >= 11 is 0. The van der Waals surface area contributed by atoms with Crippen molar-refractivity contribution in [3.63, 3.8) is 0 Å². The SMILES string of the molecule is Cc1cn(C[C@H](NC(=O)OCc2ccccc2)C(=O)O)c(=O)nc1N1CCCN(C(=O)Nc2ccccc2)CC1. The lowest BCUT2D eigenvalue weighted by atomic mass is 10.2. The van der Waals surface area contributed by atoms with Crippen molar-refractivity contribution in [3.05, 3.63) is 88.5 Å². The molecule has 2 heterocycles. The van der Waals surface area contributed by atoms with Crippen molar-refractivity contribution in [1.29, 1.82) is 0 Å². The van der Waals surface area contributed by atoms with Crippen LogP contribution in [-0.2, 0) is 22.7 Å². The number of para-hydroxylation sites is 1. The Balaban J connectivity index is 1.37. The molecule has 210 valence electrons. The van der Waals surface area contributed by atoms with E-state index >= 15 is 0 Å². The molecular formula is C28H32N6O6. The zero-order valence-electron chi connectivity index (χ0n) is 22.2. The topological polar surface area (TPSA) is 146 Å². The van der Waals surface area contributed by atoms with E-state index in [9.17, 15) is 24.3 Å². The lowest BCUT2D eigenvalue weighted by Gasteiger charge is -2.25. The van der Waals surface area contributed by atoms with Gasteiger partial charge in [0.25, 0.3) is 0 Å². The van der Waals surface area contributed by atoms with Crippen molar-refractivity contribution in [2.75, 3.05) is 36.4 Å². The Labute approximate surface area is 231 Å². The highest BCUT2D eigenvalue weighted by Gasteiger charge is 2.25. The minimum atomic E-state index is -1.40. The van der Waals surface area contributed by atoms with Gasteiger partial charge in [0.1, 0.15) is 18.5 Å². The van der Waals surface area contributed by atoms with Crippen LogP contribution in [-0.4, -0.2) is 69.9 Å². The van der Waals surface area contributed by atoms with Gasteiger partial charge in [-0.05, 0) is 31.0 Å². The van der Waals surface area contributed by atoms with Crippen molar-refractivity contribution in [3.8, 4) is 0 Å². The molecule has 0 saturated carbocycles. The van der Waals surface area contributed by atoms with Gasteiger partial charge in [-0.3, -0.25) is 4.57 Å². The highest BCUT2D eigenvalue weighted by atomic mass is 16.5. The fourth-order valence-corrected chi connectivity index (χ4v) is 4.39. The lowest BCUT2D eigenvalue weighted by molar-refractivity contribution is -0.139. The third-order valence-corrected chi connectivity index (χ3v) is 6.44.